The average Bonchev–Trinajstić information content (AvgIpc) is 2.35. The Balaban J connectivity index is 0.00000200. The summed E-state index contributed by atoms with van der Waals surface area (Å²) in [5.41, 5.74) is 4.48. The quantitative estimate of drug-likeness (QED) is 0.901. The van der Waals surface area contributed by atoms with E-state index in [4.69, 9.17) is 0 Å². The number of hydrogen-bond acceptors (Lipinski definition) is 3. The van der Waals surface area contributed by atoms with E-state index < -0.39 is 0 Å². The molecule has 1 aromatic rings. The molecule has 2 N–H and O–H groups in total. The van der Waals surface area contributed by atoms with Gasteiger partial charge in [0.2, 0.25) is 5.91 Å². The second kappa shape index (κ2) is 7.91. The van der Waals surface area contributed by atoms with Gasteiger partial charge < -0.3 is 10.6 Å². The summed E-state index contributed by atoms with van der Waals surface area (Å²) >= 11 is 1.92. The highest BCUT2D eigenvalue weighted by Gasteiger charge is 2.17. The van der Waals surface area contributed by atoms with Crippen LogP contribution in [0.15, 0.2) is 12.1 Å². The van der Waals surface area contributed by atoms with Crippen molar-refractivity contribution in [3.05, 3.63) is 28.8 Å². The van der Waals surface area contributed by atoms with Crippen LogP contribution in [0.1, 0.15) is 23.1 Å². The summed E-state index contributed by atoms with van der Waals surface area (Å²) in [4.78, 5) is 12.1. The summed E-state index contributed by atoms with van der Waals surface area (Å²) in [7, 11) is 0. The van der Waals surface area contributed by atoms with Crippen LogP contribution in [0.25, 0.3) is 0 Å². The molecule has 3 nitrogen and oxygen atoms in total. The highest BCUT2D eigenvalue weighted by Crippen LogP contribution is 2.22. The van der Waals surface area contributed by atoms with Gasteiger partial charge in [0.25, 0.3) is 0 Å². The minimum Gasteiger partial charge on any atom is -0.326 e. The van der Waals surface area contributed by atoms with Crippen molar-refractivity contribution in [1.29, 1.82) is 0 Å². The van der Waals surface area contributed by atoms with E-state index in [1.165, 1.54) is 5.56 Å². The number of carbonyl (C=O) groups excluding carboxylic acids is 1. The van der Waals surface area contributed by atoms with Crippen LogP contribution in [0.5, 0.6) is 0 Å². The predicted molar refractivity (Wildman–Crippen MR) is 90.3 cm³/mol. The smallest absolute Gasteiger partial charge is 0.225 e. The minimum absolute atomic E-state index is 0. The average molecular weight is 315 g/mol. The largest absolute Gasteiger partial charge is 0.326 e. The molecule has 2 rings (SSSR count). The van der Waals surface area contributed by atoms with Gasteiger partial charge in [-0.3, -0.25) is 4.79 Å². The maximum absolute atomic E-state index is 12.1. The number of thioether (sulfide) groups is 1. The van der Waals surface area contributed by atoms with Gasteiger partial charge in [-0.1, -0.05) is 17.7 Å². The number of anilines is 1. The molecule has 1 atom stereocenters. The molecule has 1 fully saturated rings. The zero-order chi connectivity index (χ0) is 13.8. The number of aryl methyl sites for hydroxylation is 3. The van der Waals surface area contributed by atoms with E-state index in [1.807, 2.05) is 25.6 Å². The molecule has 1 unspecified atom stereocenters. The third-order valence-electron chi connectivity index (χ3n) is 3.37. The monoisotopic (exact) mass is 314 g/mol. The third kappa shape index (κ3) is 4.69. The fraction of sp³-hybridized carbons (Fsp3) is 0.533. The number of nitrogens with one attached hydrogen (secondary N) is 2. The van der Waals surface area contributed by atoms with Gasteiger partial charge in [0.1, 0.15) is 0 Å². The van der Waals surface area contributed by atoms with Crippen molar-refractivity contribution in [2.45, 2.75) is 33.2 Å². The van der Waals surface area contributed by atoms with Gasteiger partial charge in [-0.05, 0) is 31.9 Å². The van der Waals surface area contributed by atoms with Crippen LogP contribution >= 0.6 is 24.2 Å². The van der Waals surface area contributed by atoms with Crippen LogP contribution in [-0.2, 0) is 4.79 Å². The molecule has 1 aliphatic rings. The van der Waals surface area contributed by atoms with Crippen molar-refractivity contribution in [2.75, 3.05) is 23.4 Å². The Kier molecular flexibility index (Phi) is 6.86. The van der Waals surface area contributed by atoms with Gasteiger partial charge in [-0.2, -0.15) is 11.8 Å². The fourth-order valence-electron chi connectivity index (χ4n) is 2.54. The van der Waals surface area contributed by atoms with E-state index in [2.05, 4.69) is 29.7 Å². The predicted octanol–water partition coefficient (Wildman–Crippen LogP) is 3.07. The topological polar surface area (TPSA) is 41.1 Å². The van der Waals surface area contributed by atoms with Crippen LogP contribution in [0.4, 0.5) is 5.69 Å². The maximum atomic E-state index is 12.1. The molecule has 20 heavy (non-hydrogen) atoms. The van der Waals surface area contributed by atoms with E-state index in [9.17, 15) is 4.79 Å². The number of halogens is 1. The molecule has 112 valence electrons. The molecule has 0 saturated carbocycles. The van der Waals surface area contributed by atoms with Gasteiger partial charge in [0, 0.05) is 36.2 Å². The van der Waals surface area contributed by atoms with Crippen molar-refractivity contribution < 1.29 is 4.79 Å². The Morgan fingerprint density at radius 2 is 2.00 bits per heavy atom. The Morgan fingerprint density at radius 3 is 2.55 bits per heavy atom. The second-order valence-electron chi connectivity index (χ2n) is 5.25. The van der Waals surface area contributed by atoms with Crippen LogP contribution in [0.3, 0.4) is 0 Å². The molecule has 0 aromatic heterocycles. The number of hydrogen-bond donors (Lipinski definition) is 2. The molecule has 1 saturated heterocycles. The molecular formula is C15H23ClN2OS. The fourth-order valence-corrected chi connectivity index (χ4v) is 3.49. The first-order chi connectivity index (χ1) is 9.06. The van der Waals surface area contributed by atoms with Crippen LogP contribution < -0.4 is 10.6 Å². The van der Waals surface area contributed by atoms with E-state index in [1.54, 1.807) is 0 Å². The summed E-state index contributed by atoms with van der Waals surface area (Å²) in [5.74, 6) is 2.28. The van der Waals surface area contributed by atoms with Crippen molar-refractivity contribution in [2.24, 2.45) is 0 Å². The van der Waals surface area contributed by atoms with Crippen molar-refractivity contribution in [1.82, 2.24) is 5.32 Å². The van der Waals surface area contributed by atoms with Gasteiger partial charge in [-0.15, -0.1) is 12.4 Å². The first kappa shape index (κ1) is 17.3. The molecule has 0 radical (unpaired) electrons. The number of benzene rings is 1. The lowest BCUT2D eigenvalue weighted by atomic mass is 10.0. The van der Waals surface area contributed by atoms with Crippen LogP contribution in [0.2, 0.25) is 0 Å². The van der Waals surface area contributed by atoms with Gasteiger partial charge in [-0.25, -0.2) is 0 Å². The Labute approximate surface area is 131 Å². The maximum Gasteiger partial charge on any atom is 0.225 e. The first-order valence-electron chi connectivity index (χ1n) is 6.75. The summed E-state index contributed by atoms with van der Waals surface area (Å²) in [6.45, 7) is 7.18. The lowest BCUT2D eigenvalue weighted by Gasteiger charge is -2.23. The van der Waals surface area contributed by atoms with Gasteiger partial charge in [0.05, 0.1) is 0 Å². The molecule has 1 aliphatic heterocycles. The first-order valence-corrected chi connectivity index (χ1v) is 7.90. The molecule has 1 heterocycles. The summed E-state index contributed by atoms with van der Waals surface area (Å²) < 4.78 is 0. The Bertz CT molecular complexity index is 450. The third-order valence-corrected chi connectivity index (χ3v) is 4.50. The molecule has 1 amide bonds. The highest BCUT2D eigenvalue weighted by atomic mass is 35.5. The molecule has 0 aliphatic carbocycles. The van der Waals surface area contributed by atoms with E-state index in [0.717, 1.165) is 34.9 Å². The summed E-state index contributed by atoms with van der Waals surface area (Å²) in [6.07, 6.45) is 0.555. The molecular weight excluding hydrogens is 292 g/mol. The van der Waals surface area contributed by atoms with Crippen LogP contribution in [-0.4, -0.2) is 30.0 Å². The molecule has 0 spiro atoms. The number of amides is 1. The standard InChI is InChI=1S/C15H22N2OS.ClH/c1-10-6-11(2)15(12(3)7-10)17-14(18)8-13-9-19-5-4-16-13;/h6-7,13,16H,4-5,8-9H2,1-3H3,(H,17,18);1H. The number of rotatable bonds is 3. The van der Waals surface area contributed by atoms with Crippen molar-refractivity contribution >= 4 is 35.8 Å². The minimum atomic E-state index is 0. The zero-order valence-corrected chi connectivity index (χ0v) is 13.9. The summed E-state index contributed by atoms with van der Waals surface area (Å²) in [5, 5.41) is 6.46. The Morgan fingerprint density at radius 1 is 1.35 bits per heavy atom. The molecule has 5 heteroatoms. The SMILES string of the molecule is Cc1cc(C)c(NC(=O)CC2CSCCN2)c(C)c1.Cl. The van der Waals surface area contributed by atoms with Gasteiger partial charge in [0.15, 0.2) is 0 Å². The van der Waals surface area contributed by atoms with E-state index >= 15 is 0 Å². The lowest BCUT2D eigenvalue weighted by molar-refractivity contribution is -0.116. The van der Waals surface area contributed by atoms with Gasteiger partial charge >= 0.3 is 0 Å². The van der Waals surface area contributed by atoms with Crippen molar-refractivity contribution in [3.8, 4) is 0 Å². The normalized spacial score (nSPS) is 18.2. The highest BCUT2D eigenvalue weighted by molar-refractivity contribution is 7.99. The van der Waals surface area contributed by atoms with E-state index in [0.29, 0.717) is 12.5 Å². The molecule has 0 bridgehead atoms. The lowest BCUT2D eigenvalue weighted by Crippen LogP contribution is -2.40. The summed E-state index contributed by atoms with van der Waals surface area (Å²) in [6, 6.07) is 4.53. The Hall–Kier alpha value is -0.710. The zero-order valence-electron chi connectivity index (χ0n) is 12.3. The number of carbonyl (C=O) groups is 1. The van der Waals surface area contributed by atoms with Crippen molar-refractivity contribution in [3.63, 3.8) is 0 Å². The van der Waals surface area contributed by atoms with Crippen LogP contribution in [0, 0.1) is 20.8 Å². The molecule has 1 aromatic carbocycles. The second-order valence-corrected chi connectivity index (χ2v) is 6.40. The van der Waals surface area contributed by atoms with E-state index in [-0.39, 0.29) is 18.3 Å².